The molecule has 4 rings (SSSR count). The van der Waals surface area contributed by atoms with Crippen LogP contribution in [0.3, 0.4) is 0 Å². The zero-order valence-electron chi connectivity index (χ0n) is 15.7. The average Bonchev–Trinajstić information content (AvgIpc) is 3.16. The molecule has 0 bridgehead atoms. The summed E-state index contributed by atoms with van der Waals surface area (Å²) in [5, 5.41) is 0. The number of carbonyl (C=O) groups is 1. The first-order chi connectivity index (χ1) is 13.1. The van der Waals surface area contributed by atoms with Gasteiger partial charge in [-0.1, -0.05) is 6.07 Å². The molecule has 0 radical (unpaired) electrons. The third-order valence-electron chi connectivity index (χ3n) is 5.07. The number of rotatable bonds is 4. The fourth-order valence-corrected chi connectivity index (χ4v) is 3.64. The lowest BCUT2D eigenvalue weighted by atomic mass is 10.0. The van der Waals surface area contributed by atoms with Crippen LogP contribution in [0.1, 0.15) is 11.6 Å². The highest BCUT2D eigenvalue weighted by atomic mass is 16.7. The Balaban J connectivity index is 1.47. The van der Waals surface area contributed by atoms with Crippen molar-refractivity contribution in [3.05, 3.63) is 48.3 Å². The number of pyridine rings is 1. The van der Waals surface area contributed by atoms with Crippen molar-refractivity contribution in [3.63, 3.8) is 0 Å². The standard InChI is InChI=1S/C20H24N4O3/c1-22(2)19(15-5-6-17-18(12-15)27-14-26-17)20(25)24-10-8-23(9-11-24)16-4-3-7-21-13-16/h3-7,12-13,19H,8-11,14H2,1-2H3/t19-/m1/s1. The fraction of sp³-hybridized carbons (Fsp3) is 0.400. The summed E-state index contributed by atoms with van der Waals surface area (Å²) in [4.78, 5) is 23.6. The fourth-order valence-electron chi connectivity index (χ4n) is 3.64. The molecule has 1 aromatic carbocycles. The topological polar surface area (TPSA) is 58.1 Å². The highest BCUT2D eigenvalue weighted by molar-refractivity contribution is 5.84. The molecule has 2 aliphatic rings. The lowest BCUT2D eigenvalue weighted by Crippen LogP contribution is -2.51. The van der Waals surface area contributed by atoms with E-state index in [2.05, 4.69) is 16.0 Å². The van der Waals surface area contributed by atoms with E-state index in [1.165, 1.54) is 0 Å². The number of benzene rings is 1. The lowest BCUT2D eigenvalue weighted by Gasteiger charge is -2.38. The van der Waals surface area contributed by atoms with Crippen LogP contribution in [0.2, 0.25) is 0 Å². The molecule has 1 saturated heterocycles. The molecule has 2 aromatic rings. The Hall–Kier alpha value is -2.80. The van der Waals surface area contributed by atoms with Crippen molar-refractivity contribution >= 4 is 11.6 Å². The van der Waals surface area contributed by atoms with Gasteiger partial charge in [0.1, 0.15) is 6.04 Å². The maximum atomic E-state index is 13.3. The second-order valence-corrected chi connectivity index (χ2v) is 7.00. The Labute approximate surface area is 159 Å². The number of aromatic nitrogens is 1. The molecule has 27 heavy (non-hydrogen) atoms. The summed E-state index contributed by atoms with van der Waals surface area (Å²) in [5.74, 6) is 1.55. The second-order valence-electron chi connectivity index (χ2n) is 7.00. The van der Waals surface area contributed by atoms with E-state index in [1.807, 2.05) is 54.4 Å². The van der Waals surface area contributed by atoms with E-state index < -0.39 is 0 Å². The van der Waals surface area contributed by atoms with Crippen LogP contribution >= 0.6 is 0 Å². The van der Waals surface area contributed by atoms with E-state index in [-0.39, 0.29) is 18.7 Å². The highest BCUT2D eigenvalue weighted by Gasteiger charge is 2.31. The van der Waals surface area contributed by atoms with Crippen molar-refractivity contribution in [1.82, 2.24) is 14.8 Å². The van der Waals surface area contributed by atoms with Gasteiger partial charge in [0.05, 0.1) is 11.9 Å². The number of carbonyl (C=O) groups excluding carboxylic acids is 1. The van der Waals surface area contributed by atoms with Gasteiger partial charge in [0, 0.05) is 32.4 Å². The van der Waals surface area contributed by atoms with Gasteiger partial charge in [-0.25, -0.2) is 0 Å². The molecule has 142 valence electrons. The van der Waals surface area contributed by atoms with Gasteiger partial charge in [-0.3, -0.25) is 14.7 Å². The molecule has 0 unspecified atom stereocenters. The number of fused-ring (bicyclic) bond motifs is 1. The minimum atomic E-state index is -0.343. The van der Waals surface area contributed by atoms with Crippen molar-refractivity contribution in [2.75, 3.05) is 52.0 Å². The van der Waals surface area contributed by atoms with E-state index in [4.69, 9.17) is 9.47 Å². The molecule has 7 heteroatoms. The molecule has 0 N–H and O–H groups in total. The first-order valence-electron chi connectivity index (χ1n) is 9.13. The number of nitrogens with zero attached hydrogens (tertiary/aromatic N) is 4. The van der Waals surface area contributed by atoms with Crippen molar-refractivity contribution in [2.45, 2.75) is 6.04 Å². The van der Waals surface area contributed by atoms with Crippen LogP contribution in [0.4, 0.5) is 5.69 Å². The first kappa shape index (κ1) is 17.6. The van der Waals surface area contributed by atoms with Gasteiger partial charge in [0.2, 0.25) is 12.7 Å². The van der Waals surface area contributed by atoms with Crippen LogP contribution in [-0.2, 0) is 4.79 Å². The summed E-state index contributed by atoms with van der Waals surface area (Å²) in [6, 6.07) is 9.39. The summed E-state index contributed by atoms with van der Waals surface area (Å²) in [6.07, 6.45) is 3.64. The van der Waals surface area contributed by atoms with Crippen molar-refractivity contribution in [3.8, 4) is 11.5 Å². The van der Waals surface area contributed by atoms with Gasteiger partial charge in [0.15, 0.2) is 11.5 Å². The number of piperazine rings is 1. The Kier molecular flexibility index (Phi) is 4.85. The van der Waals surface area contributed by atoms with Crippen LogP contribution < -0.4 is 14.4 Å². The second kappa shape index (κ2) is 7.44. The number of ether oxygens (including phenoxy) is 2. The van der Waals surface area contributed by atoms with E-state index in [9.17, 15) is 4.79 Å². The summed E-state index contributed by atoms with van der Waals surface area (Å²) < 4.78 is 10.9. The van der Waals surface area contributed by atoms with Crippen molar-refractivity contribution in [2.24, 2.45) is 0 Å². The summed E-state index contributed by atoms with van der Waals surface area (Å²) in [6.45, 7) is 3.23. The monoisotopic (exact) mass is 368 g/mol. The van der Waals surface area contributed by atoms with Gasteiger partial charge in [-0.2, -0.15) is 0 Å². The molecule has 0 saturated carbocycles. The number of hydrogen-bond acceptors (Lipinski definition) is 6. The minimum absolute atomic E-state index is 0.115. The molecule has 0 spiro atoms. The summed E-state index contributed by atoms with van der Waals surface area (Å²) in [7, 11) is 3.86. The molecular formula is C20H24N4O3. The quantitative estimate of drug-likeness (QED) is 0.820. The smallest absolute Gasteiger partial charge is 0.244 e. The van der Waals surface area contributed by atoms with E-state index in [0.29, 0.717) is 18.8 Å². The Morgan fingerprint density at radius 1 is 1.11 bits per heavy atom. The summed E-state index contributed by atoms with van der Waals surface area (Å²) >= 11 is 0. The third kappa shape index (κ3) is 3.55. The summed E-state index contributed by atoms with van der Waals surface area (Å²) in [5.41, 5.74) is 2.02. The Morgan fingerprint density at radius 2 is 1.89 bits per heavy atom. The van der Waals surface area contributed by atoms with Gasteiger partial charge >= 0.3 is 0 Å². The maximum absolute atomic E-state index is 13.3. The van der Waals surface area contributed by atoms with Gasteiger partial charge in [0.25, 0.3) is 0 Å². The molecule has 1 aromatic heterocycles. The van der Waals surface area contributed by atoms with Crippen LogP contribution in [0, 0.1) is 0 Å². The largest absolute Gasteiger partial charge is 0.454 e. The lowest BCUT2D eigenvalue weighted by molar-refractivity contribution is -0.136. The molecule has 1 atom stereocenters. The third-order valence-corrected chi connectivity index (χ3v) is 5.07. The zero-order valence-corrected chi connectivity index (χ0v) is 15.7. The number of anilines is 1. The molecule has 3 heterocycles. The van der Waals surface area contributed by atoms with Gasteiger partial charge in [-0.15, -0.1) is 0 Å². The van der Waals surface area contributed by atoms with Crippen molar-refractivity contribution in [1.29, 1.82) is 0 Å². The van der Waals surface area contributed by atoms with Gasteiger partial charge < -0.3 is 19.3 Å². The molecule has 0 aliphatic carbocycles. The normalized spacial score (nSPS) is 17.3. The molecule has 2 aliphatic heterocycles. The van der Waals surface area contributed by atoms with E-state index in [0.717, 1.165) is 30.1 Å². The molecule has 1 amide bonds. The molecular weight excluding hydrogens is 344 g/mol. The van der Waals surface area contributed by atoms with Crippen LogP contribution in [0.15, 0.2) is 42.7 Å². The van der Waals surface area contributed by atoms with Crippen molar-refractivity contribution < 1.29 is 14.3 Å². The first-order valence-corrected chi connectivity index (χ1v) is 9.13. The number of likely N-dealkylation sites (N-methyl/N-ethyl adjacent to an activating group) is 1. The maximum Gasteiger partial charge on any atom is 0.244 e. The number of hydrogen-bond donors (Lipinski definition) is 0. The van der Waals surface area contributed by atoms with Crippen LogP contribution in [0.25, 0.3) is 0 Å². The molecule has 7 nitrogen and oxygen atoms in total. The highest BCUT2D eigenvalue weighted by Crippen LogP contribution is 2.35. The van der Waals surface area contributed by atoms with Crippen LogP contribution in [-0.4, -0.2) is 67.8 Å². The minimum Gasteiger partial charge on any atom is -0.454 e. The van der Waals surface area contributed by atoms with Crippen LogP contribution in [0.5, 0.6) is 11.5 Å². The van der Waals surface area contributed by atoms with Gasteiger partial charge in [-0.05, 0) is 43.9 Å². The Morgan fingerprint density at radius 3 is 2.59 bits per heavy atom. The Bertz CT molecular complexity index is 804. The molecule has 1 fully saturated rings. The predicted molar refractivity (Wildman–Crippen MR) is 102 cm³/mol. The SMILES string of the molecule is CN(C)[C@@H](C(=O)N1CCN(c2cccnc2)CC1)c1ccc2c(c1)OCO2. The van der Waals surface area contributed by atoms with E-state index >= 15 is 0 Å². The number of amides is 1. The predicted octanol–water partition coefficient (Wildman–Crippen LogP) is 1.76. The zero-order chi connectivity index (χ0) is 18.8. The van der Waals surface area contributed by atoms with E-state index in [1.54, 1.807) is 6.20 Å². The average molecular weight is 368 g/mol.